The predicted octanol–water partition coefficient (Wildman–Crippen LogP) is 4.28. The van der Waals surface area contributed by atoms with Crippen LogP contribution in [0.1, 0.15) is 83.9 Å². The highest BCUT2D eigenvalue weighted by Gasteiger charge is 2.64. The maximum atomic E-state index is 14.4. The Morgan fingerprint density at radius 1 is 1.06 bits per heavy atom. The van der Waals surface area contributed by atoms with E-state index in [0.717, 1.165) is 27.7 Å². The summed E-state index contributed by atoms with van der Waals surface area (Å²) >= 11 is 6.82. The van der Waals surface area contributed by atoms with Crippen molar-refractivity contribution in [1.82, 2.24) is 35.9 Å². The Morgan fingerprint density at radius 2 is 1.81 bits per heavy atom. The fourth-order valence-electron chi connectivity index (χ4n) is 9.97. The minimum atomic E-state index is -1.87. The van der Waals surface area contributed by atoms with E-state index in [4.69, 9.17) is 35.3 Å². The lowest BCUT2D eigenvalue weighted by atomic mass is 9.83. The Morgan fingerprint density at radius 3 is 2.51 bits per heavy atom. The van der Waals surface area contributed by atoms with E-state index in [1.165, 1.54) is 38.0 Å². The number of ether oxygens (including phenoxy) is 5. The van der Waals surface area contributed by atoms with Crippen LogP contribution in [0.15, 0.2) is 66.3 Å². The van der Waals surface area contributed by atoms with Gasteiger partial charge in [0.2, 0.25) is 23.6 Å². The van der Waals surface area contributed by atoms with Crippen molar-refractivity contribution in [2.24, 2.45) is 5.92 Å². The molecule has 4 bridgehead atoms. The maximum Gasteiger partial charge on any atom is 0.409 e. The van der Waals surface area contributed by atoms with Crippen LogP contribution in [0.4, 0.5) is 10.5 Å². The normalized spacial score (nSPS) is 25.6. The molecule has 1 aromatic heterocycles. The van der Waals surface area contributed by atoms with Gasteiger partial charge in [-0.25, -0.2) is 14.6 Å². The van der Waals surface area contributed by atoms with E-state index < -0.39 is 84.2 Å². The molecule has 3 aliphatic heterocycles. The number of epoxide rings is 1. The van der Waals surface area contributed by atoms with Crippen molar-refractivity contribution in [3.8, 4) is 5.75 Å². The van der Waals surface area contributed by atoms with Gasteiger partial charge in [-0.15, -0.1) is 0 Å². The third-order valence-corrected chi connectivity index (χ3v) is 15.3. The van der Waals surface area contributed by atoms with Crippen LogP contribution in [-0.2, 0) is 62.4 Å². The number of anilines is 1. The fraction of sp³-hybridized carbons (Fsp3) is 0.564. The molecular weight excluding hydrogens is 1020 g/mol. The molecule has 0 radical (unpaired) electrons. The Labute approximate surface area is 455 Å². The average molecular weight is 1090 g/mol. The van der Waals surface area contributed by atoms with Gasteiger partial charge in [0.1, 0.15) is 46.8 Å². The first-order valence-corrected chi connectivity index (χ1v) is 26.4. The summed E-state index contributed by atoms with van der Waals surface area (Å²) in [5.74, 6) is -2.77. The quantitative estimate of drug-likeness (QED) is 0.0400. The van der Waals surface area contributed by atoms with Gasteiger partial charge in [0.25, 0.3) is 0 Å². The Kier molecular flexibility index (Phi) is 20.7. The second kappa shape index (κ2) is 26.5. The molecule has 22 heteroatoms. The molecule has 2 aromatic carbocycles. The van der Waals surface area contributed by atoms with Crippen molar-refractivity contribution in [3.05, 3.63) is 82.5 Å². The first-order chi connectivity index (χ1) is 36.6. The van der Waals surface area contributed by atoms with Gasteiger partial charge in [-0.05, 0) is 82.3 Å². The number of allylic oxidation sites excluding steroid dienone is 3. The van der Waals surface area contributed by atoms with Gasteiger partial charge < -0.3 is 58.9 Å². The zero-order valence-electron chi connectivity index (χ0n) is 45.9. The number of nitrogens with one attached hydrogen (secondary N) is 4. The second-order valence-corrected chi connectivity index (χ2v) is 20.9. The van der Waals surface area contributed by atoms with Crippen LogP contribution in [-0.4, -0.2) is 164 Å². The number of aryl methyl sites for hydroxylation is 1. The zero-order chi connectivity index (χ0) is 56.4. The van der Waals surface area contributed by atoms with Crippen LogP contribution in [0.5, 0.6) is 5.75 Å². The molecule has 3 aromatic rings. The molecule has 77 heavy (non-hydrogen) atoms. The Bertz CT molecular complexity index is 2680. The number of methoxy groups -OCH3 is 2. The number of hydrazine groups is 1. The minimum absolute atomic E-state index is 0.0772. The number of alkyl carbamates (subject to hydrolysis) is 1. The second-order valence-electron chi connectivity index (χ2n) is 20.5. The number of aliphatic hydroxyl groups is 2. The summed E-state index contributed by atoms with van der Waals surface area (Å²) in [7, 11) is 9.68. The summed E-state index contributed by atoms with van der Waals surface area (Å²) in [6.07, 6.45) is 2.12. The van der Waals surface area contributed by atoms with Crippen LogP contribution >= 0.6 is 11.6 Å². The lowest BCUT2D eigenvalue weighted by Gasteiger charge is -2.42. The van der Waals surface area contributed by atoms with E-state index in [1.54, 1.807) is 45.2 Å². The molecule has 0 aliphatic carbocycles. The highest BCUT2D eigenvalue weighted by Crippen LogP contribution is 2.49. The molecule has 0 spiro atoms. The topological polar surface area (TPSA) is 255 Å². The Hall–Kier alpha value is -6.07. The molecule has 5 amide bonds. The van der Waals surface area contributed by atoms with Gasteiger partial charge in [-0.2, -0.15) is 0 Å². The van der Waals surface area contributed by atoms with Crippen molar-refractivity contribution in [1.29, 1.82) is 0 Å². The first kappa shape index (κ1) is 60.2. The molecule has 3 aliphatic rings. The molecule has 2 saturated heterocycles. The van der Waals surface area contributed by atoms with E-state index in [1.807, 2.05) is 56.4 Å². The number of rotatable bonds is 20. The first-order valence-electron chi connectivity index (χ1n) is 26.1. The highest BCUT2D eigenvalue weighted by atomic mass is 35.5. The number of aliphatic hydroxyl groups excluding tert-OH is 1. The number of carbonyl (C=O) groups excluding carboxylic acids is 6. The van der Waals surface area contributed by atoms with Crippen LogP contribution in [0.2, 0.25) is 5.02 Å². The smallest absolute Gasteiger partial charge is 0.409 e. The van der Waals surface area contributed by atoms with Crippen LogP contribution in [0, 0.1) is 5.92 Å². The van der Waals surface area contributed by atoms with E-state index >= 15 is 0 Å². The summed E-state index contributed by atoms with van der Waals surface area (Å²) in [6, 6.07) is 11.3. The molecular formula is C55H77ClN8O13. The SMILES string of the molecule is CNN(C)Cc1cc2ccccc2n1CCC(=O)N[C@@H](CO)C(=O)NCCCCCC(=O)N(C)[C@@H](C)C(=O)OC1CC(=O)N(C)c2cc(cc(OC)c2Cl)C/C(C)=C/C=C/[C@@H](OC)[C@@]2(O)C[C@H](OC(=O)N2)[C@@H](C)C2O[C@@]12C. The predicted molar refractivity (Wildman–Crippen MR) is 289 cm³/mol. The number of hydrogen-bond donors (Lipinski definition) is 6. The fourth-order valence-corrected chi connectivity index (χ4v) is 10.3. The van der Waals surface area contributed by atoms with Gasteiger partial charge in [0, 0.05) is 77.7 Å². The number of benzene rings is 2. The number of halogens is 1. The van der Waals surface area contributed by atoms with Gasteiger partial charge in [0.05, 0.1) is 38.5 Å². The monoisotopic (exact) mass is 1090 g/mol. The summed E-state index contributed by atoms with van der Waals surface area (Å²) in [4.78, 5) is 83.7. The number of hydrogen-bond acceptors (Lipinski definition) is 15. The molecule has 21 nitrogen and oxygen atoms in total. The van der Waals surface area contributed by atoms with Gasteiger partial charge in [-0.1, -0.05) is 66.9 Å². The molecule has 6 rings (SSSR count). The van der Waals surface area contributed by atoms with Gasteiger partial charge in [-0.3, -0.25) is 29.9 Å². The summed E-state index contributed by atoms with van der Waals surface area (Å²) < 4.78 is 31.5. The van der Waals surface area contributed by atoms with Crippen molar-refractivity contribution in [3.63, 3.8) is 0 Å². The van der Waals surface area contributed by atoms with E-state index in [0.29, 0.717) is 50.2 Å². The zero-order valence-corrected chi connectivity index (χ0v) is 46.6. The average Bonchev–Trinajstić information content (AvgIpc) is 4.07. The van der Waals surface area contributed by atoms with Crippen molar-refractivity contribution >= 4 is 63.9 Å². The molecule has 9 atom stereocenters. The number of likely N-dealkylation sites (N-methyl/N-ethyl adjacent to an activating group) is 1. The van der Waals surface area contributed by atoms with Crippen LogP contribution < -0.4 is 31.0 Å². The largest absolute Gasteiger partial charge is 0.495 e. The number of para-hydroxylation sites is 1. The van der Waals surface area contributed by atoms with Crippen LogP contribution in [0.25, 0.3) is 10.9 Å². The van der Waals surface area contributed by atoms with E-state index in [2.05, 4.69) is 32.0 Å². The lowest BCUT2D eigenvalue weighted by molar-refractivity contribution is -0.162. The highest BCUT2D eigenvalue weighted by molar-refractivity contribution is 6.35. The third-order valence-electron chi connectivity index (χ3n) is 15.0. The molecule has 422 valence electrons. The number of amides is 5. The molecule has 4 heterocycles. The Balaban J connectivity index is 1.05. The third kappa shape index (κ3) is 14.7. The molecule has 2 unspecified atom stereocenters. The summed E-state index contributed by atoms with van der Waals surface area (Å²) in [5, 5.41) is 32.9. The lowest BCUT2D eigenvalue weighted by Crippen LogP contribution is -2.63. The molecule has 0 saturated carbocycles. The summed E-state index contributed by atoms with van der Waals surface area (Å²) in [6.45, 7) is 7.52. The van der Waals surface area contributed by atoms with E-state index in [9.17, 15) is 39.0 Å². The number of nitrogens with zero attached hydrogens (tertiary/aromatic N) is 4. The minimum Gasteiger partial charge on any atom is -0.495 e. The number of unbranched alkanes of at least 4 members (excludes halogenated alkanes) is 2. The van der Waals surface area contributed by atoms with Crippen molar-refractivity contribution in [2.45, 2.75) is 140 Å². The number of fused-ring (bicyclic) bond motifs is 6. The number of esters is 1. The summed E-state index contributed by atoms with van der Waals surface area (Å²) in [5.41, 5.74) is 3.95. The standard InChI is InChI=1S/C55H77ClN8O13/c1-33-17-16-20-44(74-10)55(72)30-43(75-53(71)60-55)34(2)50-54(4,77-50)45(29-48(68)63(8)41-26-36(25-33)27-42(73-9)49(41)56)76-52(70)35(3)62(7)47(67)21-12-11-15-23-58-51(69)39(32-65)59-46(66)22-24-64-38(31-61(6)57-5)28-37-18-13-14-19-40(37)64/h13-14,16-20,26-28,34-35,39,43-45,50,57,65,72H,11-12,15,21-25,29-32H2,1-10H3,(H,58,69)(H,59,66)(H,60,71)/b20-16+,33-17+/t34-,35+,39+,43+,44-,45?,50?,54+,55+/m1/s1. The van der Waals surface area contributed by atoms with Gasteiger partial charge >= 0.3 is 12.1 Å². The van der Waals surface area contributed by atoms with E-state index in [-0.39, 0.29) is 49.1 Å². The van der Waals surface area contributed by atoms with Crippen molar-refractivity contribution < 1.29 is 62.7 Å². The maximum absolute atomic E-state index is 14.4. The molecule has 6 N–H and O–H groups in total. The number of aromatic nitrogens is 1. The number of carbonyl (C=O) groups is 6. The van der Waals surface area contributed by atoms with Crippen LogP contribution in [0.3, 0.4) is 0 Å². The molecule has 2 fully saturated rings. The van der Waals surface area contributed by atoms with Gasteiger partial charge in [0.15, 0.2) is 5.72 Å². The van der Waals surface area contributed by atoms with Crippen molar-refractivity contribution in [2.75, 3.05) is 60.5 Å².